The Morgan fingerprint density at radius 1 is 1.42 bits per heavy atom. The molecule has 0 spiro atoms. The number of alkyl halides is 1. The van der Waals surface area contributed by atoms with Crippen LogP contribution in [0.4, 0.5) is 5.82 Å². The maximum atomic E-state index is 5.59. The van der Waals surface area contributed by atoms with Crippen molar-refractivity contribution in [1.29, 1.82) is 0 Å². The average Bonchev–Trinajstić information content (AvgIpc) is 1.99. The third kappa shape index (κ3) is 2.93. The smallest absolute Gasteiger partial charge is 0.225 e. The highest BCUT2D eigenvalue weighted by Crippen LogP contribution is 2.16. The molecule has 0 aliphatic carbocycles. The summed E-state index contributed by atoms with van der Waals surface area (Å²) in [5.41, 5.74) is 0. The maximum Gasteiger partial charge on any atom is 0.225 e. The molecule has 0 bridgehead atoms. The summed E-state index contributed by atoms with van der Waals surface area (Å²) in [5, 5.41) is 0.334. The quantitative estimate of drug-likeness (QED) is 0.335. The summed E-state index contributed by atoms with van der Waals surface area (Å²) < 4.78 is 0. The average molecular weight is 224 g/mol. The minimum atomic E-state index is 0.0734. The Hall–Kier alpha value is -0.380. The lowest BCUT2D eigenvalue weighted by Crippen LogP contribution is -1.83. The third-order valence-electron chi connectivity index (χ3n) is 0.947. The van der Waals surface area contributed by atoms with E-state index in [9.17, 15) is 0 Å². The molecule has 1 rings (SSSR count). The second kappa shape index (κ2) is 4.60. The number of hydrogen-bond acceptors (Lipinski definition) is 3. The lowest BCUT2D eigenvalue weighted by atomic mass is 10.6. The van der Waals surface area contributed by atoms with Crippen LogP contribution in [0.15, 0.2) is 11.1 Å². The molecule has 0 radical (unpaired) electrons. The van der Waals surface area contributed by atoms with Gasteiger partial charge < -0.3 is 0 Å². The van der Waals surface area contributed by atoms with Gasteiger partial charge >= 0.3 is 0 Å². The van der Waals surface area contributed by atoms with Gasteiger partial charge in [-0.3, -0.25) is 0 Å². The molecule has 0 atom stereocenters. The first-order chi connectivity index (χ1) is 5.72. The van der Waals surface area contributed by atoms with E-state index in [0.717, 1.165) is 0 Å². The Morgan fingerprint density at radius 2 is 2.17 bits per heavy atom. The number of rotatable bonds is 2. The molecule has 0 fully saturated rings. The number of halogens is 3. The van der Waals surface area contributed by atoms with Crippen LogP contribution in [-0.2, 0) is 0 Å². The maximum absolute atomic E-state index is 5.59. The molecule has 6 heteroatoms. The molecule has 1 aromatic rings. The zero-order chi connectivity index (χ0) is 8.97. The summed E-state index contributed by atoms with van der Waals surface area (Å²) in [6, 6.07) is 1.50. The summed E-state index contributed by atoms with van der Waals surface area (Å²) in [7, 11) is 0. The zero-order valence-electron chi connectivity index (χ0n) is 5.84. The monoisotopic (exact) mass is 223 g/mol. The van der Waals surface area contributed by atoms with Gasteiger partial charge in [0.25, 0.3) is 0 Å². The van der Waals surface area contributed by atoms with Crippen molar-refractivity contribution in [3.8, 4) is 0 Å². The van der Waals surface area contributed by atoms with Crippen molar-refractivity contribution < 1.29 is 0 Å². The Morgan fingerprint density at radius 3 is 2.75 bits per heavy atom. The predicted octanol–water partition coefficient (Wildman–Crippen LogP) is 2.72. The number of aromatic nitrogens is 2. The van der Waals surface area contributed by atoms with Crippen LogP contribution in [0, 0.1) is 0 Å². The molecule has 1 aromatic heterocycles. The molecule has 0 saturated heterocycles. The fraction of sp³-hybridized carbons (Fsp3) is 0.167. The summed E-state index contributed by atoms with van der Waals surface area (Å²) in [5.74, 6) is 0.722. The molecule has 0 amide bonds. The number of aliphatic imine (C=N–C) groups is 1. The minimum Gasteiger partial charge on any atom is -0.240 e. The molecular formula is C6H4Cl3N3. The van der Waals surface area contributed by atoms with E-state index < -0.39 is 0 Å². The van der Waals surface area contributed by atoms with E-state index in [1.165, 1.54) is 12.3 Å². The van der Waals surface area contributed by atoms with Gasteiger partial charge in [-0.1, -0.05) is 11.6 Å². The fourth-order valence-corrected chi connectivity index (χ4v) is 1.04. The lowest BCUT2D eigenvalue weighted by Gasteiger charge is -1.93. The minimum absolute atomic E-state index is 0.0734. The van der Waals surface area contributed by atoms with Crippen LogP contribution in [0.1, 0.15) is 0 Å². The van der Waals surface area contributed by atoms with Crippen molar-refractivity contribution in [2.45, 2.75) is 0 Å². The molecule has 0 unspecified atom stereocenters. The largest absolute Gasteiger partial charge is 0.240 e. The van der Waals surface area contributed by atoms with Gasteiger partial charge in [-0.25, -0.2) is 9.98 Å². The van der Waals surface area contributed by atoms with Gasteiger partial charge in [0, 0.05) is 12.3 Å². The van der Waals surface area contributed by atoms with Gasteiger partial charge in [0.05, 0.1) is 5.88 Å². The fourth-order valence-electron chi connectivity index (χ4n) is 0.573. The van der Waals surface area contributed by atoms with Crippen LogP contribution < -0.4 is 0 Å². The normalized spacial score (nSPS) is 10.9. The van der Waals surface area contributed by atoms with Crippen LogP contribution in [0.25, 0.3) is 0 Å². The van der Waals surface area contributed by atoms with Gasteiger partial charge in [-0.15, -0.1) is 11.6 Å². The molecule has 0 saturated carbocycles. The SMILES string of the molecule is ClCC=Nc1cc(Cl)nc(Cl)n1. The first kappa shape index (κ1) is 9.71. The molecule has 12 heavy (non-hydrogen) atoms. The lowest BCUT2D eigenvalue weighted by molar-refractivity contribution is 1.15. The second-order valence-electron chi connectivity index (χ2n) is 1.78. The number of nitrogens with zero attached hydrogens (tertiary/aromatic N) is 3. The van der Waals surface area contributed by atoms with Crippen molar-refractivity contribution in [3.63, 3.8) is 0 Å². The molecule has 0 N–H and O–H groups in total. The van der Waals surface area contributed by atoms with E-state index in [-0.39, 0.29) is 10.4 Å². The van der Waals surface area contributed by atoms with Crippen LogP contribution in [-0.4, -0.2) is 22.1 Å². The van der Waals surface area contributed by atoms with Gasteiger partial charge in [0.15, 0.2) is 5.82 Å². The van der Waals surface area contributed by atoms with Gasteiger partial charge in [-0.2, -0.15) is 4.98 Å². The zero-order valence-corrected chi connectivity index (χ0v) is 8.11. The van der Waals surface area contributed by atoms with Gasteiger partial charge in [-0.05, 0) is 11.6 Å². The van der Waals surface area contributed by atoms with Crippen molar-refractivity contribution in [2.24, 2.45) is 4.99 Å². The van der Waals surface area contributed by atoms with E-state index in [0.29, 0.717) is 11.7 Å². The van der Waals surface area contributed by atoms with Crippen molar-refractivity contribution in [3.05, 3.63) is 16.5 Å². The van der Waals surface area contributed by atoms with Crippen molar-refractivity contribution in [1.82, 2.24) is 9.97 Å². The van der Waals surface area contributed by atoms with E-state index >= 15 is 0 Å². The third-order valence-corrected chi connectivity index (χ3v) is 1.45. The van der Waals surface area contributed by atoms with Gasteiger partial charge in [0.1, 0.15) is 5.15 Å². The van der Waals surface area contributed by atoms with Gasteiger partial charge in [0.2, 0.25) is 5.28 Å². The predicted molar refractivity (Wildman–Crippen MR) is 50.9 cm³/mol. The van der Waals surface area contributed by atoms with E-state index in [1.807, 2.05) is 0 Å². The molecule has 3 nitrogen and oxygen atoms in total. The summed E-state index contributed by atoms with van der Waals surface area (Å²) in [4.78, 5) is 11.3. The molecule has 1 heterocycles. The Kier molecular flexibility index (Phi) is 3.72. The second-order valence-corrected chi connectivity index (χ2v) is 2.82. The molecule has 0 aromatic carbocycles. The highest BCUT2D eigenvalue weighted by molar-refractivity contribution is 6.32. The van der Waals surface area contributed by atoms with Crippen LogP contribution in [0.3, 0.4) is 0 Å². The molecular weight excluding hydrogens is 220 g/mol. The standard InChI is InChI=1S/C6H4Cl3N3/c7-1-2-10-5-3-4(8)11-6(9)12-5/h2-3H,1H2. The van der Waals surface area contributed by atoms with Crippen LogP contribution >= 0.6 is 34.8 Å². The van der Waals surface area contributed by atoms with E-state index in [1.54, 1.807) is 0 Å². The number of hydrogen-bond donors (Lipinski definition) is 0. The first-order valence-corrected chi connectivity index (χ1v) is 4.30. The summed E-state index contributed by atoms with van der Waals surface area (Å²) in [6.07, 6.45) is 1.50. The highest BCUT2D eigenvalue weighted by atomic mass is 35.5. The first-order valence-electron chi connectivity index (χ1n) is 3.01. The van der Waals surface area contributed by atoms with Crippen molar-refractivity contribution in [2.75, 3.05) is 5.88 Å². The topological polar surface area (TPSA) is 38.1 Å². The Balaban J connectivity index is 2.93. The molecule has 0 aliphatic heterocycles. The van der Waals surface area contributed by atoms with Crippen LogP contribution in [0.5, 0.6) is 0 Å². The molecule has 64 valence electrons. The molecule has 0 aliphatic rings. The highest BCUT2D eigenvalue weighted by Gasteiger charge is 1.97. The Labute approximate surface area is 84.4 Å². The van der Waals surface area contributed by atoms with E-state index in [2.05, 4.69) is 15.0 Å². The van der Waals surface area contributed by atoms with E-state index in [4.69, 9.17) is 34.8 Å². The summed E-state index contributed by atoms with van der Waals surface area (Å²) in [6.45, 7) is 0. The summed E-state index contributed by atoms with van der Waals surface area (Å²) >= 11 is 16.5. The Bertz CT molecular complexity index is 280. The van der Waals surface area contributed by atoms with Crippen LogP contribution in [0.2, 0.25) is 10.4 Å². The van der Waals surface area contributed by atoms with Crippen molar-refractivity contribution >= 4 is 46.8 Å².